The molecule has 0 radical (unpaired) electrons. The molecule has 6 nitrogen and oxygen atoms in total. The average Bonchev–Trinajstić information content (AvgIpc) is 3.02. The lowest BCUT2D eigenvalue weighted by atomic mass is 10.2. The van der Waals surface area contributed by atoms with Crippen LogP contribution in [-0.2, 0) is 4.79 Å². The fourth-order valence-electron chi connectivity index (χ4n) is 2.67. The first-order valence-corrected chi connectivity index (χ1v) is 8.37. The van der Waals surface area contributed by atoms with Gasteiger partial charge in [-0.05, 0) is 50.6 Å². The third-order valence-electron chi connectivity index (χ3n) is 3.87. The lowest BCUT2D eigenvalue weighted by Gasteiger charge is -2.16. The lowest BCUT2D eigenvalue weighted by Crippen LogP contribution is -2.23. The summed E-state index contributed by atoms with van der Waals surface area (Å²) in [7, 11) is 0. The Bertz CT molecular complexity index is 754. The zero-order valence-corrected chi connectivity index (χ0v) is 14.4. The van der Waals surface area contributed by atoms with Gasteiger partial charge >= 0.3 is 0 Å². The second-order valence-electron chi connectivity index (χ2n) is 6.20. The normalized spacial score (nSPS) is 14.0. The molecule has 0 aliphatic carbocycles. The van der Waals surface area contributed by atoms with E-state index in [4.69, 9.17) is 4.74 Å². The number of hydrogen-bond acceptors (Lipinski definition) is 4. The van der Waals surface area contributed by atoms with Crippen LogP contribution in [-0.4, -0.2) is 29.4 Å². The highest BCUT2D eigenvalue weighted by Crippen LogP contribution is 2.23. The Morgan fingerprint density at radius 2 is 1.96 bits per heavy atom. The number of rotatable bonds is 5. The van der Waals surface area contributed by atoms with Crippen LogP contribution in [0.25, 0.3) is 0 Å². The molecule has 2 amide bonds. The molecule has 2 heterocycles. The van der Waals surface area contributed by atoms with E-state index in [0.29, 0.717) is 23.6 Å². The minimum absolute atomic E-state index is 0.0354. The largest absolute Gasteiger partial charge is 0.475 e. The Labute approximate surface area is 146 Å². The van der Waals surface area contributed by atoms with Gasteiger partial charge in [0.15, 0.2) is 0 Å². The van der Waals surface area contributed by atoms with Gasteiger partial charge in [0.1, 0.15) is 0 Å². The van der Waals surface area contributed by atoms with Crippen molar-refractivity contribution in [2.24, 2.45) is 0 Å². The number of ether oxygens (including phenoxy) is 1. The first-order valence-electron chi connectivity index (χ1n) is 8.37. The van der Waals surface area contributed by atoms with Gasteiger partial charge in [0, 0.05) is 36.6 Å². The number of pyridine rings is 1. The van der Waals surface area contributed by atoms with Crippen LogP contribution in [0.1, 0.15) is 37.0 Å². The van der Waals surface area contributed by atoms with Crippen molar-refractivity contribution in [3.8, 4) is 5.88 Å². The number of hydrogen-bond donors (Lipinski definition) is 1. The van der Waals surface area contributed by atoms with Crippen LogP contribution in [0.2, 0.25) is 0 Å². The molecule has 1 aromatic heterocycles. The summed E-state index contributed by atoms with van der Waals surface area (Å²) in [6.45, 7) is 4.59. The fourth-order valence-corrected chi connectivity index (χ4v) is 2.67. The van der Waals surface area contributed by atoms with E-state index in [0.717, 1.165) is 18.7 Å². The van der Waals surface area contributed by atoms with E-state index in [2.05, 4.69) is 10.3 Å². The van der Waals surface area contributed by atoms with Crippen LogP contribution in [0.15, 0.2) is 42.6 Å². The van der Waals surface area contributed by atoms with E-state index < -0.39 is 0 Å². The summed E-state index contributed by atoms with van der Waals surface area (Å²) < 4.78 is 5.46. The van der Waals surface area contributed by atoms with Crippen molar-refractivity contribution < 1.29 is 14.3 Å². The Hall–Kier alpha value is -2.89. The highest BCUT2D eigenvalue weighted by molar-refractivity contribution is 6.04. The molecule has 0 bridgehead atoms. The molecule has 0 unspecified atom stereocenters. The SMILES string of the molecule is CC(C)Oc1ccc(C(=O)Nc2ccc(N3CCCC3=O)cc2)cn1. The first-order chi connectivity index (χ1) is 12.0. The van der Waals surface area contributed by atoms with Crippen molar-refractivity contribution in [3.63, 3.8) is 0 Å². The molecular formula is C19H21N3O3. The zero-order valence-electron chi connectivity index (χ0n) is 14.4. The Kier molecular flexibility index (Phi) is 4.97. The molecule has 25 heavy (non-hydrogen) atoms. The molecule has 1 aromatic carbocycles. The maximum atomic E-state index is 12.3. The lowest BCUT2D eigenvalue weighted by molar-refractivity contribution is -0.117. The fraction of sp³-hybridized carbons (Fsp3) is 0.316. The molecule has 0 spiro atoms. The second-order valence-corrected chi connectivity index (χ2v) is 6.20. The molecule has 3 rings (SSSR count). The van der Waals surface area contributed by atoms with Crippen molar-refractivity contribution in [1.29, 1.82) is 0 Å². The number of carbonyl (C=O) groups excluding carboxylic acids is 2. The molecule has 0 saturated carbocycles. The second kappa shape index (κ2) is 7.34. The van der Waals surface area contributed by atoms with Gasteiger partial charge in [-0.25, -0.2) is 4.98 Å². The number of amides is 2. The highest BCUT2D eigenvalue weighted by Gasteiger charge is 2.21. The molecule has 130 valence electrons. The summed E-state index contributed by atoms with van der Waals surface area (Å²) in [6.07, 6.45) is 3.01. The van der Waals surface area contributed by atoms with Crippen molar-refractivity contribution in [3.05, 3.63) is 48.2 Å². The van der Waals surface area contributed by atoms with Crippen LogP contribution < -0.4 is 15.0 Å². The van der Waals surface area contributed by atoms with Gasteiger partial charge < -0.3 is 15.0 Å². The average molecular weight is 339 g/mol. The molecule has 1 aliphatic heterocycles. The summed E-state index contributed by atoms with van der Waals surface area (Å²) in [6, 6.07) is 10.6. The minimum atomic E-state index is -0.242. The highest BCUT2D eigenvalue weighted by atomic mass is 16.5. The van der Waals surface area contributed by atoms with Crippen LogP contribution in [0, 0.1) is 0 Å². The summed E-state index contributed by atoms with van der Waals surface area (Å²) >= 11 is 0. The minimum Gasteiger partial charge on any atom is -0.475 e. The Balaban J connectivity index is 1.63. The van der Waals surface area contributed by atoms with E-state index in [1.165, 1.54) is 6.20 Å². The van der Waals surface area contributed by atoms with Gasteiger partial charge in [0.25, 0.3) is 5.91 Å². The van der Waals surface area contributed by atoms with Gasteiger partial charge in [0.2, 0.25) is 11.8 Å². The van der Waals surface area contributed by atoms with Gasteiger partial charge in [-0.2, -0.15) is 0 Å². The smallest absolute Gasteiger partial charge is 0.257 e. The number of aromatic nitrogens is 1. The zero-order chi connectivity index (χ0) is 17.8. The molecule has 6 heteroatoms. The molecule has 0 atom stereocenters. The maximum absolute atomic E-state index is 12.3. The number of nitrogens with one attached hydrogen (secondary N) is 1. The van der Waals surface area contributed by atoms with Crippen LogP contribution >= 0.6 is 0 Å². The van der Waals surface area contributed by atoms with Crippen LogP contribution in [0.5, 0.6) is 5.88 Å². The number of carbonyl (C=O) groups is 2. The molecular weight excluding hydrogens is 318 g/mol. The number of benzene rings is 1. The third kappa shape index (κ3) is 4.15. The number of anilines is 2. The molecule has 1 N–H and O–H groups in total. The molecule has 1 aliphatic rings. The molecule has 1 saturated heterocycles. The first kappa shape index (κ1) is 17.0. The standard InChI is InChI=1S/C19H21N3O3/c1-13(2)25-17-10-5-14(12-20-17)19(24)21-15-6-8-16(9-7-15)22-11-3-4-18(22)23/h5-10,12-13H,3-4,11H2,1-2H3,(H,21,24). The van der Waals surface area contributed by atoms with Crippen molar-refractivity contribution in [2.75, 3.05) is 16.8 Å². The summed E-state index contributed by atoms with van der Waals surface area (Å²) in [5.41, 5.74) is 1.98. The quantitative estimate of drug-likeness (QED) is 0.908. The predicted octanol–water partition coefficient (Wildman–Crippen LogP) is 3.25. The maximum Gasteiger partial charge on any atom is 0.257 e. The monoisotopic (exact) mass is 339 g/mol. The molecule has 1 fully saturated rings. The third-order valence-corrected chi connectivity index (χ3v) is 3.87. The van der Waals surface area contributed by atoms with Crippen molar-refractivity contribution in [2.45, 2.75) is 32.8 Å². The van der Waals surface area contributed by atoms with E-state index in [-0.39, 0.29) is 17.9 Å². The van der Waals surface area contributed by atoms with Crippen molar-refractivity contribution >= 4 is 23.2 Å². The van der Waals surface area contributed by atoms with E-state index in [1.807, 2.05) is 26.0 Å². The Morgan fingerprint density at radius 1 is 1.20 bits per heavy atom. The summed E-state index contributed by atoms with van der Waals surface area (Å²) in [5, 5.41) is 2.82. The van der Waals surface area contributed by atoms with Gasteiger partial charge in [-0.1, -0.05) is 0 Å². The number of nitrogens with zero attached hydrogens (tertiary/aromatic N) is 2. The van der Waals surface area contributed by atoms with Crippen LogP contribution in [0.3, 0.4) is 0 Å². The van der Waals surface area contributed by atoms with E-state index >= 15 is 0 Å². The van der Waals surface area contributed by atoms with Crippen molar-refractivity contribution in [1.82, 2.24) is 4.98 Å². The molecule has 2 aromatic rings. The topological polar surface area (TPSA) is 71.5 Å². The van der Waals surface area contributed by atoms with Gasteiger partial charge in [0.05, 0.1) is 11.7 Å². The summed E-state index contributed by atoms with van der Waals surface area (Å²) in [4.78, 5) is 29.9. The van der Waals surface area contributed by atoms with E-state index in [1.54, 1.807) is 29.2 Å². The van der Waals surface area contributed by atoms with Gasteiger partial charge in [-0.3, -0.25) is 9.59 Å². The van der Waals surface area contributed by atoms with Gasteiger partial charge in [-0.15, -0.1) is 0 Å². The predicted molar refractivity (Wildman–Crippen MR) is 96.0 cm³/mol. The summed E-state index contributed by atoms with van der Waals surface area (Å²) in [5.74, 6) is 0.395. The Morgan fingerprint density at radius 3 is 2.52 bits per heavy atom. The van der Waals surface area contributed by atoms with E-state index in [9.17, 15) is 9.59 Å². The van der Waals surface area contributed by atoms with Crippen LogP contribution in [0.4, 0.5) is 11.4 Å².